The highest BCUT2D eigenvalue weighted by atomic mass is 14.9. The summed E-state index contributed by atoms with van der Waals surface area (Å²) in [5.74, 6) is 0. The lowest BCUT2D eigenvalue weighted by Crippen LogP contribution is -2.43. The van der Waals surface area contributed by atoms with Crippen LogP contribution in [0.3, 0.4) is 0 Å². The molecule has 0 bridgehead atoms. The number of rotatable bonds is 3. The van der Waals surface area contributed by atoms with Crippen LogP contribution in [-0.4, -0.2) is 6.04 Å². The average Bonchev–Trinajstić information content (AvgIpc) is 2.84. The zero-order valence-electron chi connectivity index (χ0n) is 12.5. The first-order chi connectivity index (χ1) is 9.15. The second-order valence-electron chi connectivity index (χ2n) is 7.12. The molecule has 1 aromatic carbocycles. The monoisotopic (exact) mass is 257 g/mol. The van der Waals surface area contributed by atoms with E-state index in [0.717, 1.165) is 6.54 Å². The van der Waals surface area contributed by atoms with Crippen molar-refractivity contribution in [3.05, 3.63) is 34.9 Å². The highest BCUT2D eigenvalue weighted by Gasteiger charge is 2.31. The topological polar surface area (TPSA) is 12.0 Å². The Bertz CT molecular complexity index is 447. The third-order valence-electron chi connectivity index (χ3n) is 5.22. The van der Waals surface area contributed by atoms with Gasteiger partial charge in [-0.2, -0.15) is 0 Å². The molecule has 2 aliphatic rings. The number of nitrogens with one attached hydrogen (secondary N) is 1. The Labute approximate surface area is 117 Å². The van der Waals surface area contributed by atoms with Crippen LogP contribution in [0.5, 0.6) is 0 Å². The van der Waals surface area contributed by atoms with Gasteiger partial charge in [-0.25, -0.2) is 0 Å². The number of aryl methyl sites for hydroxylation is 2. The number of fused-ring (bicyclic) bond motifs is 1. The molecule has 0 aliphatic heterocycles. The highest BCUT2D eigenvalue weighted by molar-refractivity contribution is 5.35. The van der Waals surface area contributed by atoms with Crippen molar-refractivity contribution < 1.29 is 0 Å². The summed E-state index contributed by atoms with van der Waals surface area (Å²) in [6, 6.07) is 7.80. The molecule has 1 aromatic rings. The van der Waals surface area contributed by atoms with E-state index >= 15 is 0 Å². The second-order valence-corrected chi connectivity index (χ2v) is 7.12. The standard InChI is InChI=1S/C18H27N/c1-18(2)11-4-3-8-17(18)19-13-14-9-10-15-6-5-7-16(15)12-14/h9-10,12,17,19H,3-8,11,13H2,1-2H3. The molecule has 1 heteroatoms. The summed E-state index contributed by atoms with van der Waals surface area (Å²) >= 11 is 0. The van der Waals surface area contributed by atoms with Crippen LogP contribution in [0, 0.1) is 5.41 Å². The Morgan fingerprint density at radius 1 is 1.11 bits per heavy atom. The SMILES string of the molecule is CC1(C)CCCCC1NCc1ccc2c(c1)CCC2. The molecule has 1 fully saturated rings. The summed E-state index contributed by atoms with van der Waals surface area (Å²) in [5, 5.41) is 3.82. The van der Waals surface area contributed by atoms with Crippen molar-refractivity contribution in [2.45, 2.75) is 71.4 Å². The summed E-state index contributed by atoms with van der Waals surface area (Å²) in [5.41, 5.74) is 5.13. The van der Waals surface area contributed by atoms with Crippen LogP contribution in [0.4, 0.5) is 0 Å². The van der Waals surface area contributed by atoms with Gasteiger partial charge in [0.1, 0.15) is 0 Å². The van der Waals surface area contributed by atoms with E-state index in [1.165, 1.54) is 50.5 Å². The lowest BCUT2D eigenvalue weighted by atomic mass is 9.73. The third kappa shape index (κ3) is 2.86. The smallest absolute Gasteiger partial charge is 0.0208 e. The van der Waals surface area contributed by atoms with Crippen molar-refractivity contribution in [1.82, 2.24) is 5.32 Å². The van der Waals surface area contributed by atoms with Gasteiger partial charge >= 0.3 is 0 Å². The minimum atomic E-state index is 0.467. The molecule has 0 saturated heterocycles. The van der Waals surface area contributed by atoms with Crippen LogP contribution in [-0.2, 0) is 19.4 Å². The summed E-state index contributed by atoms with van der Waals surface area (Å²) in [7, 11) is 0. The maximum absolute atomic E-state index is 3.82. The normalized spacial score (nSPS) is 25.3. The van der Waals surface area contributed by atoms with Crippen molar-refractivity contribution in [1.29, 1.82) is 0 Å². The fourth-order valence-electron chi connectivity index (χ4n) is 3.85. The Balaban J connectivity index is 1.62. The molecule has 1 N–H and O–H groups in total. The van der Waals surface area contributed by atoms with Crippen LogP contribution in [0.25, 0.3) is 0 Å². The molecular weight excluding hydrogens is 230 g/mol. The van der Waals surface area contributed by atoms with E-state index in [9.17, 15) is 0 Å². The van der Waals surface area contributed by atoms with E-state index in [1.54, 1.807) is 11.1 Å². The Kier molecular flexibility index (Phi) is 3.66. The van der Waals surface area contributed by atoms with Crippen LogP contribution < -0.4 is 5.32 Å². The summed E-state index contributed by atoms with van der Waals surface area (Å²) < 4.78 is 0. The number of hydrogen-bond acceptors (Lipinski definition) is 1. The Hall–Kier alpha value is -0.820. The zero-order chi connectivity index (χ0) is 13.3. The first kappa shape index (κ1) is 13.2. The molecule has 104 valence electrons. The zero-order valence-corrected chi connectivity index (χ0v) is 12.5. The van der Waals surface area contributed by atoms with E-state index in [0.29, 0.717) is 11.5 Å². The second kappa shape index (κ2) is 5.28. The van der Waals surface area contributed by atoms with Gasteiger partial charge in [0, 0.05) is 12.6 Å². The summed E-state index contributed by atoms with van der Waals surface area (Å²) in [6.45, 7) is 5.89. The van der Waals surface area contributed by atoms with E-state index in [4.69, 9.17) is 0 Å². The predicted molar refractivity (Wildman–Crippen MR) is 81.3 cm³/mol. The van der Waals surface area contributed by atoms with E-state index < -0.39 is 0 Å². The summed E-state index contributed by atoms with van der Waals surface area (Å²) in [6.07, 6.45) is 9.45. The van der Waals surface area contributed by atoms with Crippen LogP contribution >= 0.6 is 0 Å². The molecule has 1 saturated carbocycles. The molecule has 3 rings (SSSR count). The van der Waals surface area contributed by atoms with E-state index in [-0.39, 0.29) is 0 Å². The van der Waals surface area contributed by atoms with Crippen LogP contribution in [0.15, 0.2) is 18.2 Å². The van der Waals surface area contributed by atoms with Crippen molar-refractivity contribution in [2.24, 2.45) is 5.41 Å². The maximum Gasteiger partial charge on any atom is 0.0208 e. The highest BCUT2D eigenvalue weighted by Crippen LogP contribution is 2.35. The fourth-order valence-corrected chi connectivity index (χ4v) is 3.85. The first-order valence-corrected chi connectivity index (χ1v) is 7.99. The van der Waals surface area contributed by atoms with Gasteiger partial charge in [0.25, 0.3) is 0 Å². The van der Waals surface area contributed by atoms with Gasteiger partial charge in [0.15, 0.2) is 0 Å². The Morgan fingerprint density at radius 3 is 2.79 bits per heavy atom. The molecule has 0 aromatic heterocycles. The molecule has 0 spiro atoms. The molecule has 0 amide bonds. The fraction of sp³-hybridized carbons (Fsp3) is 0.667. The van der Waals surface area contributed by atoms with Crippen molar-refractivity contribution in [3.8, 4) is 0 Å². The molecule has 1 atom stereocenters. The molecular formula is C18H27N. The van der Waals surface area contributed by atoms with Gasteiger partial charge < -0.3 is 5.32 Å². The molecule has 0 heterocycles. The minimum absolute atomic E-state index is 0.467. The van der Waals surface area contributed by atoms with E-state index in [1.807, 2.05) is 0 Å². The maximum atomic E-state index is 3.82. The van der Waals surface area contributed by atoms with Crippen molar-refractivity contribution >= 4 is 0 Å². The summed E-state index contributed by atoms with van der Waals surface area (Å²) in [4.78, 5) is 0. The Morgan fingerprint density at radius 2 is 1.95 bits per heavy atom. The lowest BCUT2D eigenvalue weighted by Gasteiger charge is -2.39. The molecule has 19 heavy (non-hydrogen) atoms. The van der Waals surface area contributed by atoms with Crippen LogP contribution in [0.2, 0.25) is 0 Å². The third-order valence-corrected chi connectivity index (χ3v) is 5.22. The van der Waals surface area contributed by atoms with Crippen LogP contribution in [0.1, 0.15) is 62.6 Å². The molecule has 1 unspecified atom stereocenters. The molecule has 0 radical (unpaired) electrons. The van der Waals surface area contributed by atoms with Gasteiger partial charge in [-0.15, -0.1) is 0 Å². The molecule has 1 nitrogen and oxygen atoms in total. The molecule has 2 aliphatic carbocycles. The first-order valence-electron chi connectivity index (χ1n) is 7.99. The van der Waals surface area contributed by atoms with Crippen molar-refractivity contribution in [2.75, 3.05) is 0 Å². The lowest BCUT2D eigenvalue weighted by molar-refractivity contribution is 0.167. The largest absolute Gasteiger partial charge is 0.309 e. The quantitative estimate of drug-likeness (QED) is 0.854. The van der Waals surface area contributed by atoms with E-state index in [2.05, 4.69) is 37.4 Å². The van der Waals surface area contributed by atoms with Gasteiger partial charge in [0.05, 0.1) is 0 Å². The predicted octanol–water partition coefficient (Wildman–Crippen LogP) is 4.23. The van der Waals surface area contributed by atoms with Gasteiger partial charge in [-0.3, -0.25) is 0 Å². The minimum Gasteiger partial charge on any atom is -0.309 e. The number of hydrogen-bond donors (Lipinski definition) is 1. The number of benzene rings is 1. The average molecular weight is 257 g/mol. The van der Waals surface area contributed by atoms with Gasteiger partial charge in [0.2, 0.25) is 0 Å². The van der Waals surface area contributed by atoms with Gasteiger partial charge in [-0.05, 0) is 54.2 Å². The van der Waals surface area contributed by atoms with Gasteiger partial charge in [-0.1, -0.05) is 44.9 Å². The van der Waals surface area contributed by atoms with Crippen molar-refractivity contribution in [3.63, 3.8) is 0 Å².